The minimum absolute atomic E-state index is 0.216. The lowest BCUT2D eigenvalue weighted by atomic mass is 10.0. The molecule has 0 unspecified atom stereocenters. The average Bonchev–Trinajstić information content (AvgIpc) is 2.27. The SMILES string of the molecule is COc1ccccc1[C@@H](C)NCCC(C)(C)O. The van der Waals surface area contributed by atoms with Gasteiger partial charge in [0.2, 0.25) is 0 Å². The molecule has 1 aromatic carbocycles. The zero-order valence-electron chi connectivity index (χ0n) is 11.2. The molecule has 1 atom stereocenters. The van der Waals surface area contributed by atoms with Crippen molar-refractivity contribution in [1.82, 2.24) is 5.32 Å². The molecule has 0 saturated heterocycles. The minimum Gasteiger partial charge on any atom is -0.496 e. The topological polar surface area (TPSA) is 41.5 Å². The standard InChI is InChI=1S/C14H23NO2/c1-11(15-10-9-14(2,3)16)12-7-5-6-8-13(12)17-4/h5-8,11,15-16H,9-10H2,1-4H3/t11-/m1/s1. The second-order valence-corrected chi connectivity index (χ2v) is 4.98. The Bertz CT molecular complexity index is 344. The van der Waals surface area contributed by atoms with Gasteiger partial charge in [0.15, 0.2) is 0 Å². The largest absolute Gasteiger partial charge is 0.496 e. The second kappa shape index (κ2) is 6.03. The average molecular weight is 237 g/mol. The number of methoxy groups -OCH3 is 1. The van der Waals surface area contributed by atoms with E-state index >= 15 is 0 Å². The fourth-order valence-corrected chi connectivity index (χ4v) is 1.73. The van der Waals surface area contributed by atoms with Crippen molar-refractivity contribution in [1.29, 1.82) is 0 Å². The first-order valence-electron chi connectivity index (χ1n) is 6.03. The Balaban J connectivity index is 2.55. The van der Waals surface area contributed by atoms with Gasteiger partial charge in [-0.15, -0.1) is 0 Å². The number of aliphatic hydroxyl groups is 1. The maximum absolute atomic E-state index is 9.64. The first-order chi connectivity index (χ1) is 7.94. The number of benzene rings is 1. The van der Waals surface area contributed by atoms with Crippen molar-refractivity contribution >= 4 is 0 Å². The highest BCUT2D eigenvalue weighted by atomic mass is 16.5. The molecule has 0 fully saturated rings. The predicted molar refractivity (Wildman–Crippen MR) is 70.3 cm³/mol. The van der Waals surface area contributed by atoms with Crippen LogP contribution < -0.4 is 10.1 Å². The van der Waals surface area contributed by atoms with Crippen LogP contribution in [0.25, 0.3) is 0 Å². The van der Waals surface area contributed by atoms with E-state index in [0.29, 0.717) is 0 Å². The number of rotatable bonds is 6. The van der Waals surface area contributed by atoms with Crippen molar-refractivity contribution in [3.05, 3.63) is 29.8 Å². The molecular weight excluding hydrogens is 214 g/mol. The molecule has 0 saturated carbocycles. The monoisotopic (exact) mass is 237 g/mol. The van der Waals surface area contributed by atoms with Gasteiger partial charge in [0.25, 0.3) is 0 Å². The first kappa shape index (κ1) is 14.0. The predicted octanol–water partition coefficient (Wildman–Crippen LogP) is 2.51. The number of hydrogen-bond donors (Lipinski definition) is 2. The lowest BCUT2D eigenvalue weighted by Crippen LogP contribution is -2.28. The fraction of sp³-hybridized carbons (Fsp3) is 0.571. The zero-order chi connectivity index (χ0) is 12.9. The van der Waals surface area contributed by atoms with Gasteiger partial charge in [0.05, 0.1) is 12.7 Å². The zero-order valence-corrected chi connectivity index (χ0v) is 11.2. The van der Waals surface area contributed by atoms with Crippen LogP contribution in [0.4, 0.5) is 0 Å². The summed E-state index contributed by atoms with van der Waals surface area (Å²) in [5.41, 5.74) is 0.527. The molecule has 1 aromatic rings. The second-order valence-electron chi connectivity index (χ2n) is 4.98. The van der Waals surface area contributed by atoms with Crippen molar-refractivity contribution in [2.45, 2.75) is 38.8 Å². The number of hydrogen-bond acceptors (Lipinski definition) is 3. The van der Waals surface area contributed by atoms with Gasteiger partial charge in [0, 0.05) is 11.6 Å². The summed E-state index contributed by atoms with van der Waals surface area (Å²) in [5, 5.41) is 13.0. The lowest BCUT2D eigenvalue weighted by Gasteiger charge is -2.21. The Morgan fingerprint density at radius 1 is 1.35 bits per heavy atom. The fourth-order valence-electron chi connectivity index (χ4n) is 1.73. The van der Waals surface area contributed by atoms with Crippen LogP contribution in [0.1, 0.15) is 38.8 Å². The van der Waals surface area contributed by atoms with Crippen molar-refractivity contribution in [2.75, 3.05) is 13.7 Å². The summed E-state index contributed by atoms with van der Waals surface area (Å²) in [7, 11) is 1.68. The molecule has 0 bridgehead atoms. The summed E-state index contributed by atoms with van der Waals surface area (Å²) in [6, 6.07) is 8.20. The Labute approximate surface area is 104 Å². The third-order valence-corrected chi connectivity index (χ3v) is 2.79. The van der Waals surface area contributed by atoms with Gasteiger partial charge in [-0.05, 0) is 39.8 Å². The van der Waals surface area contributed by atoms with Crippen LogP contribution in [0.2, 0.25) is 0 Å². The van der Waals surface area contributed by atoms with Crippen LogP contribution in [-0.2, 0) is 0 Å². The van der Waals surface area contributed by atoms with E-state index in [1.54, 1.807) is 7.11 Å². The Morgan fingerprint density at radius 3 is 2.59 bits per heavy atom. The molecule has 0 spiro atoms. The molecule has 0 aromatic heterocycles. The Hall–Kier alpha value is -1.06. The van der Waals surface area contributed by atoms with Crippen LogP contribution in [0, 0.1) is 0 Å². The van der Waals surface area contributed by atoms with E-state index < -0.39 is 5.60 Å². The van der Waals surface area contributed by atoms with Gasteiger partial charge in [0.1, 0.15) is 5.75 Å². The van der Waals surface area contributed by atoms with Gasteiger partial charge in [-0.1, -0.05) is 18.2 Å². The van der Waals surface area contributed by atoms with Crippen LogP contribution in [0.3, 0.4) is 0 Å². The number of ether oxygens (including phenoxy) is 1. The summed E-state index contributed by atoms with van der Waals surface area (Å²) < 4.78 is 5.32. The maximum atomic E-state index is 9.64. The van der Waals surface area contributed by atoms with Crippen LogP contribution in [0.15, 0.2) is 24.3 Å². The summed E-state index contributed by atoms with van der Waals surface area (Å²) in [4.78, 5) is 0. The minimum atomic E-state index is -0.618. The van der Waals surface area contributed by atoms with Crippen molar-refractivity contribution in [3.63, 3.8) is 0 Å². The van der Waals surface area contributed by atoms with Gasteiger partial charge in [-0.3, -0.25) is 0 Å². The van der Waals surface area contributed by atoms with E-state index in [0.717, 1.165) is 24.3 Å². The van der Waals surface area contributed by atoms with Gasteiger partial charge >= 0.3 is 0 Å². The van der Waals surface area contributed by atoms with Crippen molar-refractivity contribution in [3.8, 4) is 5.75 Å². The van der Waals surface area contributed by atoms with E-state index in [4.69, 9.17) is 4.74 Å². The van der Waals surface area contributed by atoms with Gasteiger partial charge < -0.3 is 15.2 Å². The molecule has 0 heterocycles. The maximum Gasteiger partial charge on any atom is 0.123 e. The van der Waals surface area contributed by atoms with Gasteiger partial charge in [-0.25, -0.2) is 0 Å². The van der Waals surface area contributed by atoms with Crippen LogP contribution in [0.5, 0.6) is 5.75 Å². The molecule has 3 nitrogen and oxygen atoms in total. The normalized spacial score (nSPS) is 13.5. The third kappa shape index (κ3) is 4.75. The molecule has 2 N–H and O–H groups in total. The summed E-state index contributed by atoms with van der Waals surface area (Å²) in [5.74, 6) is 0.899. The molecule has 0 aliphatic carbocycles. The highest BCUT2D eigenvalue weighted by molar-refractivity contribution is 5.35. The van der Waals surface area contributed by atoms with Crippen molar-refractivity contribution < 1.29 is 9.84 Å². The van der Waals surface area contributed by atoms with Crippen molar-refractivity contribution in [2.24, 2.45) is 0 Å². The quantitative estimate of drug-likeness (QED) is 0.798. The molecule has 0 aliphatic heterocycles. The third-order valence-electron chi connectivity index (χ3n) is 2.79. The van der Waals surface area contributed by atoms with E-state index in [-0.39, 0.29) is 6.04 Å². The molecule has 1 rings (SSSR count). The molecule has 17 heavy (non-hydrogen) atoms. The van der Waals surface area contributed by atoms with Crippen LogP contribution in [-0.4, -0.2) is 24.4 Å². The van der Waals surface area contributed by atoms with E-state index in [1.807, 2.05) is 32.0 Å². The first-order valence-corrected chi connectivity index (χ1v) is 6.03. The Morgan fingerprint density at radius 2 is 2.00 bits per heavy atom. The summed E-state index contributed by atoms with van der Waals surface area (Å²) >= 11 is 0. The molecule has 96 valence electrons. The van der Waals surface area contributed by atoms with E-state index in [2.05, 4.69) is 18.3 Å². The van der Waals surface area contributed by atoms with Crippen LogP contribution >= 0.6 is 0 Å². The smallest absolute Gasteiger partial charge is 0.123 e. The Kier molecular flexibility index (Phi) is 4.97. The number of nitrogens with one attached hydrogen (secondary N) is 1. The molecule has 0 radical (unpaired) electrons. The van der Waals surface area contributed by atoms with E-state index in [1.165, 1.54) is 0 Å². The summed E-state index contributed by atoms with van der Waals surface area (Å²) in [6.45, 7) is 6.52. The lowest BCUT2D eigenvalue weighted by molar-refractivity contribution is 0.0705. The summed E-state index contributed by atoms with van der Waals surface area (Å²) in [6.07, 6.45) is 0.729. The molecule has 0 amide bonds. The highest BCUT2D eigenvalue weighted by Crippen LogP contribution is 2.24. The molecular formula is C14H23NO2. The van der Waals surface area contributed by atoms with Gasteiger partial charge in [-0.2, -0.15) is 0 Å². The molecule has 3 heteroatoms. The van der Waals surface area contributed by atoms with E-state index in [9.17, 15) is 5.11 Å². The highest BCUT2D eigenvalue weighted by Gasteiger charge is 2.14. The molecule has 0 aliphatic rings. The number of para-hydroxylation sites is 1.